The Morgan fingerprint density at radius 3 is 3.08 bits per heavy atom. The molecule has 1 aliphatic rings. The van der Waals surface area contributed by atoms with Gasteiger partial charge in [0.1, 0.15) is 5.82 Å². The standard InChI is InChI=1S/C19H22ClN5O/c1-24-11-8-21-19(24)15-5-3-9-25(13-15)10-7-17-22-18(23-26-17)14-4-2-6-16(20)12-14/h2,4,6,8,11-12,15H,3,5,7,9-10,13H2,1H3. The van der Waals surface area contributed by atoms with Crippen molar-refractivity contribution in [2.24, 2.45) is 7.05 Å². The summed E-state index contributed by atoms with van der Waals surface area (Å²) in [6, 6.07) is 7.50. The van der Waals surface area contributed by atoms with E-state index in [-0.39, 0.29) is 0 Å². The van der Waals surface area contributed by atoms with Crippen LogP contribution in [0.15, 0.2) is 41.2 Å². The van der Waals surface area contributed by atoms with Crippen LogP contribution in [0, 0.1) is 0 Å². The Hall–Kier alpha value is -2.18. The van der Waals surface area contributed by atoms with Crippen molar-refractivity contribution in [1.82, 2.24) is 24.6 Å². The predicted octanol–water partition coefficient (Wildman–Crippen LogP) is 3.55. The molecule has 3 heterocycles. The van der Waals surface area contributed by atoms with Gasteiger partial charge in [0.15, 0.2) is 0 Å². The average molecular weight is 372 g/mol. The molecule has 26 heavy (non-hydrogen) atoms. The second kappa shape index (κ2) is 7.60. The number of halogens is 1. The number of aryl methyl sites for hydroxylation is 1. The maximum Gasteiger partial charge on any atom is 0.228 e. The van der Waals surface area contributed by atoms with Crippen LogP contribution in [-0.2, 0) is 13.5 Å². The van der Waals surface area contributed by atoms with Crippen molar-refractivity contribution in [3.05, 3.63) is 53.4 Å². The van der Waals surface area contributed by atoms with E-state index in [2.05, 4.69) is 31.6 Å². The number of aromatic nitrogens is 4. The highest BCUT2D eigenvalue weighted by molar-refractivity contribution is 6.30. The number of likely N-dealkylation sites (tertiary alicyclic amines) is 1. The van der Waals surface area contributed by atoms with Crippen molar-refractivity contribution in [2.75, 3.05) is 19.6 Å². The molecular weight excluding hydrogens is 350 g/mol. The van der Waals surface area contributed by atoms with Gasteiger partial charge >= 0.3 is 0 Å². The fraction of sp³-hybridized carbons (Fsp3) is 0.421. The molecule has 136 valence electrons. The van der Waals surface area contributed by atoms with E-state index in [4.69, 9.17) is 16.1 Å². The molecule has 1 fully saturated rings. The zero-order chi connectivity index (χ0) is 17.9. The van der Waals surface area contributed by atoms with Gasteiger partial charge < -0.3 is 14.0 Å². The number of rotatable bonds is 5. The zero-order valence-corrected chi connectivity index (χ0v) is 15.6. The Bertz CT molecular complexity index is 874. The summed E-state index contributed by atoms with van der Waals surface area (Å²) in [4.78, 5) is 11.5. The van der Waals surface area contributed by atoms with Crippen molar-refractivity contribution in [3.8, 4) is 11.4 Å². The molecule has 0 radical (unpaired) electrons. The van der Waals surface area contributed by atoms with Crippen LogP contribution in [0.25, 0.3) is 11.4 Å². The Balaban J connectivity index is 1.36. The quantitative estimate of drug-likeness (QED) is 0.686. The normalized spacial score (nSPS) is 18.3. The van der Waals surface area contributed by atoms with Gasteiger partial charge in [-0.3, -0.25) is 0 Å². The summed E-state index contributed by atoms with van der Waals surface area (Å²) >= 11 is 6.03. The lowest BCUT2D eigenvalue weighted by molar-refractivity contribution is 0.199. The molecule has 1 aliphatic heterocycles. The van der Waals surface area contributed by atoms with Gasteiger partial charge in [-0.1, -0.05) is 28.9 Å². The van der Waals surface area contributed by atoms with Gasteiger partial charge in [-0.25, -0.2) is 4.98 Å². The zero-order valence-electron chi connectivity index (χ0n) is 14.8. The average Bonchev–Trinajstić information content (AvgIpc) is 3.29. The lowest BCUT2D eigenvalue weighted by atomic mass is 9.97. The summed E-state index contributed by atoms with van der Waals surface area (Å²) in [6.07, 6.45) is 7.03. The lowest BCUT2D eigenvalue weighted by Gasteiger charge is -2.32. The van der Waals surface area contributed by atoms with E-state index in [1.165, 1.54) is 18.7 Å². The van der Waals surface area contributed by atoms with Crippen molar-refractivity contribution in [2.45, 2.75) is 25.2 Å². The molecule has 0 amide bonds. The maximum absolute atomic E-state index is 6.03. The SMILES string of the molecule is Cn1ccnc1C1CCCN(CCc2nc(-c3cccc(Cl)c3)no2)C1. The smallest absolute Gasteiger partial charge is 0.228 e. The minimum atomic E-state index is 0.494. The van der Waals surface area contributed by atoms with Crippen LogP contribution in [0.5, 0.6) is 0 Å². The van der Waals surface area contributed by atoms with Gasteiger partial charge in [0.2, 0.25) is 11.7 Å². The third kappa shape index (κ3) is 3.81. The Morgan fingerprint density at radius 2 is 2.27 bits per heavy atom. The van der Waals surface area contributed by atoms with Crippen LogP contribution in [0.1, 0.15) is 30.5 Å². The molecule has 0 spiro atoms. The van der Waals surface area contributed by atoms with Crippen LogP contribution in [-0.4, -0.2) is 44.2 Å². The molecule has 2 aromatic heterocycles. The van der Waals surface area contributed by atoms with Crippen molar-refractivity contribution < 1.29 is 4.52 Å². The molecule has 7 heteroatoms. The van der Waals surface area contributed by atoms with Crippen LogP contribution in [0.2, 0.25) is 5.02 Å². The third-order valence-corrected chi connectivity index (χ3v) is 5.16. The molecule has 6 nitrogen and oxygen atoms in total. The molecular formula is C19H22ClN5O. The van der Waals surface area contributed by atoms with Gasteiger partial charge in [-0.15, -0.1) is 0 Å². The summed E-state index contributed by atoms with van der Waals surface area (Å²) in [5.74, 6) is 2.93. The minimum absolute atomic E-state index is 0.494. The first-order valence-electron chi connectivity index (χ1n) is 8.97. The topological polar surface area (TPSA) is 60.0 Å². The van der Waals surface area contributed by atoms with E-state index < -0.39 is 0 Å². The maximum atomic E-state index is 6.03. The fourth-order valence-corrected chi connectivity index (χ4v) is 3.79. The molecule has 1 saturated heterocycles. The predicted molar refractivity (Wildman–Crippen MR) is 100 cm³/mol. The highest BCUT2D eigenvalue weighted by Crippen LogP contribution is 2.25. The summed E-state index contributed by atoms with van der Waals surface area (Å²) < 4.78 is 7.55. The third-order valence-electron chi connectivity index (χ3n) is 4.92. The van der Waals surface area contributed by atoms with Crippen LogP contribution < -0.4 is 0 Å². The second-order valence-electron chi connectivity index (χ2n) is 6.81. The number of hydrogen-bond donors (Lipinski definition) is 0. The van der Waals surface area contributed by atoms with Gasteiger partial charge in [-0.05, 0) is 31.5 Å². The van der Waals surface area contributed by atoms with Crippen LogP contribution >= 0.6 is 11.6 Å². The molecule has 1 unspecified atom stereocenters. The molecule has 0 aliphatic carbocycles. The Kier molecular flexibility index (Phi) is 5.04. The highest BCUT2D eigenvalue weighted by atomic mass is 35.5. The number of piperidine rings is 1. The minimum Gasteiger partial charge on any atom is -0.339 e. The van der Waals surface area contributed by atoms with Gasteiger partial charge in [-0.2, -0.15) is 4.98 Å². The molecule has 4 rings (SSSR count). The number of nitrogens with zero attached hydrogens (tertiary/aromatic N) is 5. The molecule has 1 atom stereocenters. The van der Waals surface area contributed by atoms with Crippen LogP contribution in [0.3, 0.4) is 0 Å². The monoisotopic (exact) mass is 371 g/mol. The number of benzene rings is 1. The fourth-order valence-electron chi connectivity index (χ4n) is 3.59. The van der Waals surface area contributed by atoms with Crippen LogP contribution in [0.4, 0.5) is 0 Å². The second-order valence-corrected chi connectivity index (χ2v) is 7.24. The Labute approximate surface area is 157 Å². The number of imidazole rings is 1. The van der Waals surface area contributed by atoms with E-state index in [1.54, 1.807) is 0 Å². The van der Waals surface area contributed by atoms with Gasteiger partial charge in [0.25, 0.3) is 0 Å². The Morgan fingerprint density at radius 1 is 1.35 bits per heavy atom. The van der Waals surface area contributed by atoms with E-state index in [0.29, 0.717) is 22.7 Å². The summed E-state index contributed by atoms with van der Waals surface area (Å²) in [5, 5.41) is 4.75. The highest BCUT2D eigenvalue weighted by Gasteiger charge is 2.24. The summed E-state index contributed by atoms with van der Waals surface area (Å²) in [6.45, 7) is 3.05. The lowest BCUT2D eigenvalue weighted by Crippen LogP contribution is -2.36. The van der Waals surface area contributed by atoms with Crippen molar-refractivity contribution in [1.29, 1.82) is 0 Å². The van der Waals surface area contributed by atoms with Gasteiger partial charge in [0, 0.05) is 55.5 Å². The molecule has 0 saturated carbocycles. The molecule has 1 aromatic carbocycles. The molecule has 0 bridgehead atoms. The van der Waals surface area contributed by atoms with Crippen molar-refractivity contribution in [3.63, 3.8) is 0 Å². The van der Waals surface area contributed by atoms with E-state index in [0.717, 1.165) is 31.6 Å². The first kappa shape index (κ1) is 17.2. The molecule has 3 aromatic rings. The largest absolute Gasteiger partial charge is 0.339 e. The van der Waals surface area contributed by atoms with Gasteiger partial charge in [0.05, 0.1) is 0 Å². The van der Waals surface area contributed by atoms with E-state index >= 15 is 0 Å². The number of hydrogen-bond acceptors (Lipinski definition) is 5. The van der Waals surface area contributed by atoms with E-state index in [1.807, 2.05) is 36.7 Å². The first-order valence-corrected chi connectivity index (χ1v) is 9.35. The van der Waals surface area contributed by atoms with E-state index in [9.17, 15) is 0 Å². The summed E-state index contributed by atoms with van der Waals surface area (Å²) in [5.41, 5.74) is 0.875. The summed E-state index contributed by atoms with van der Waals surface area (Å²) in [7, 11) is 2.07. The molecule has 0 N–H and O–H groups in total. The van der Waals surface area contributed by atoms with Crippen molar-refractivity contribution >= 4 is 11.6 Å². The first-order chi connectivity index (χ1) is 12.7.